The molecule has 1 N–H and O–H groups in total. The van der Waals surface area contributed by atoms with Crippen LogP contribution < -0.4 is 9.62 Å². The molecule has 0 aliphatic carbocycles. The van der Waals surface area contributed by atoms with Crippen LogP contribution in [0.25, 0.3) is 0 Å². The molecule has 0 saturated carbocycles. The minimum absolute atomic E-state index is 0.0423. The molecule has 0 saturated heterocycles. The fraction of sp³-hybridized carbons (Fsp3) is 0.136. The van der Waals surface area contributed by atoms with Gasteiger partial charge in [-0.25, -0.2) is 8.42 Å². The van der Waals surface area contributed by atoms with Crippen molar-refractivity contribution in [1.82, 2.24) is 0 Å². The summed E-state index contributed by atoms with van der Waals surface area (Å²) in [5.74, 6) is -0.493. The first kappa shape index (κ1) is 22.2. The summed E-state index contributed by atoms with van der Waals surface area (Å²) in [6.07, 6.45) is 0. The molecule has 0 fully saturated rings. The molecule has 0 unspecified atom stereocenters. The van der Waals surface area contributed by atoms with Gasteiger partial charge in [-0.3, -0.25) is 9.10 Å². The monoisotopic (exact) mass is 462 g/mol. The molecular weight excluding hydrogens is 443 g/mol. The number of carbonyl (C=O) groups excluding carboxylic acids is 1. The van der Waals surface area contributed by atoms with Gasteiger partial charge in [0.2, 0.25) is 5.91 Å². The zero-order valence-corrected chi connectivity index (χ0v) is 18.7. The topological polar surface area (TPSA) is 66.5 Å². The van der Waals surface area contributed by atoms with Crippen molar-refractivity contribution < 1.29 is 13.2 Å². The molecule has 0 heterocycles. The van der Waals surface area contributed by atoms with E-state index in [2.05, 4.69) is 5.32 Å². The van der Waals surface area contributed by atoms with Crippen LogP contribution in [0.3, 0.4) is 0 Å². The van der Waals surface area contributed by atoms with E-state index >= 15 is 0 Å². The SMILES string of the molecule is Cc1ccc(N(CC(=O)Nc2cccc(Cl)c2)S(=O)(=O)c2ccc(Cl)cc2)cc1C. The van der Waals surface area contributed by atoms with Crippen molar-refractivity contribution in [3.63, 3.8) is 0 Å². The maximum atomic E-state index is 13.4. The fourth-order valence-electron chi connectivity index (χ4n) is 2.83. The molecule has 3 aromatic carbocycles. The Morgan fingerprint density at radius 3 is 2.23 bits per heavy atom. The van der Waals surface area contributed by atoms with Crippen molar-refractivity contribution in [3.05, 3.63) is 87.9 Å². The summed E-state index contributed by atoms with van der Waals surface area (Å²) in [5, 5.41) is 3.58. The molecule has 30 heavy (non-hydrogen) atoms. The molecule has 1 amide bonds. The van der Waals surface area contributed by atoms with E-state index in [1.54, 1.807) is 36.4 Å². The molecule has 0 bridgehead atoms. The molecule has 3 aromatic rings. The van der Waals surface area contributed by atoms with Gasteiger partial charge in [-0.2, -0.15) is 0 Å². The number of benzene rings is 3. The predicted molar refractivity (Wildman–Crippen MR) is 122 cm³/mol. The Morgan fingerprint density at radius 1 is 0.900 bits per heavy atom. The lowest BCUT2D eigenvalue weighted by molar-refractivity contribution is -0.114. The number of nitrogens with one attached hydrogen (secondary N) is 1. The summed E-state index contributed by atoms with van der Waals surface area (Å²) >= 11 is 11.9. The third-order valence-electron chi connectivity index (χ3n) is 4.58. The third-order valence-corrected chi connectivity index (χ3v) is 6.85. The van der Waals surface area contributed by atoms with Crippen molar-refractivity contribution in [1.29, 1.82) is 0 Å². The van der Waals surface area contributed by atoms with E-state index in [4.69, 9.17) is 23.2 Å². The Balaban J connectivity index is 1.97. The first-order valence-corrected chi connectivity index (χ1v) is 11.3. The molecule has 5 nitrogen and oxygen atoms in total. The minimum atomic E-state index is -4.01. The Hall–Kier alpha value is -2.54. The maximum Gasteiger partial charge on any atom is 0.264 e. The van der Waals surface area contributed by atoms with Crippen LogP contribution in [0, 0.1) is 13.8 Å². The lowest BCUT2D eigenvalue weighted by atomic mass is 10.1. The summed E-state index contributed by atoms with van der Waals surface area (Å²) in [4.78, 5) is 12.8. The number of nitrogens with zero attached hydrogens (tertiary/aromatic N) is 1. The van der Waals surface area contributed by atoms with E-state index in [1.807, 2.05) is 19.9 Å². The number of anilines is 2. The number of amides is 1. The molecule has 8 heteroatoms. The smallest absolute Gasteiger partial charge is 0.264 e. The number of halogens is 2. The third kappa shape index (κ3) is 5.14. The van der Waals surface area contributed by atoms with Crippen LogP contribution in [0.15, 0.2) is 71.6 Å². The highest BCUT2D eigenvalue weighted by molar-refractivity contribution is 7.92. The van der Waals surface area contributed by atoms with E-state index < -0.39 is 22.5 Å². The van der Waals surface area contributed by atoms with Gasteiger partial charge >= 0.3 is 0 Å². The first-order chi connectivity index (χ1) is 14.2. The average molecular weight is 463 g/mol. The number of hydrogen-bond acceptors (Lipinski definition) is 3. The number of carbonyl (C=O) groups is 1. The van der Waals surface area contributed by atoms with Crippen LogP contribution in [0.1, 0.15) is 11.1 Å². The molecule has 0 spiro atoms. The second kappa shape index (κ2) is 9.08. The van der Waals surface area contributed by atoms with Crippen molar-refractivity contribution in [2.45, 2.75) is 18.7 Å². The highest BCUT2D eigenvalue weighted by Crippen LogP contribution is 2.27. The normalized spacial score (nSPS) is 11.2. The standard InChI is InChI=1S/C22H20Cl2N2O3S/c1-15-6-9-20(12-16(15)2)26(30(28,29)21-10-7-17(23)8-11-21)14-22(27)25-19-5-3-4-18(24)13-19/h3-13H,14H2,1-2H3,(H,25,27). The summed E-state index contributed by atoms with van der Waals surface area (Å²) in [7, 11) is -4.01. The average Bonchev–Trinajstić information content (AvgIpc) is 2.68. The predicted octanol–water partition coefficient (Wildman–Crippen LogP) is 5.44. The zero-order valence-electron chi connectivity index (χ0n) is 16.4. The van der Waals surface area contributed by atoms with E-state index in [1.165, 1.54) is 24.3 Å². The Bertz CT molecular complexity index is 1180. The Labute approximate surface area is 186 Å². The van der Waals surface area contributed by atoms with E-state index in [0.29, 0.717) is 21.4 Å². The Morgan fingerprint density at radius 2 is 1.60 bits per heavy atom. The highest BCUT2D eigenvalue weighted by Gasteiger charge is 2.27. The second-order valence-electron chi connectivity index (χ2n) is 6.79. The van der Waals surface area contributed by atoms with E-state index in [0.717, 1.165) is 15.4 Å². The van der Waals surface area contributed by atoms with E-state index in [-0.39, 0.29) is 4.90 Å². The van der Waals surface area contributed by atoms with Gasteiger partial charge in [0.25, 0.3) is 10.0 Å². The van der Waals surface area contributed by atoms with Crippen molar-refractivity contribution in [2.75, 3.05) is 16.2 Å². The maximum absolute atomic E-state index is 13.4. The number of hydrogen-bond donors (Lipinski definition) is 1. The lowest BCUT2D eigenvalue weighted by Crippen LogP contribution is -2.38. The minimum Gasteiger partial charge on any atom is -0.324 e. The van der Waals surface area contributed by atoms with Gasteiger partial charge in [0.1, 0.15) is 6.54 Å². The van der Waals surface area contributed by atoms with Crippen molar-refractivity contribution in [2.24, 2.45) is 0 Å². The largest absolute Gasteiger partial charge is 0.324 e. The van der Waals surface area contributed by atoms with Crippen LogP contribution >= 0.6 is 23.2 Å². The molecule has 0 aliphatic heterocycles. The molecule has 0 aromatic heterocycles. The van der Waals surface area contributed by atoms with Crippen molar-refractivity contribution in [3.8, 4) is 0 Å². The van der Waals surface area contributed by atoms with Crippen molar-refractivity contribution >= 4 is 50.5 Å². The summed E-state index contributed by atoms with van der Waals surface area (Å²) < 4.78 is 27.8. The quantitative estimate of drug-likeness (QED) is 0.529. The molecule has 156 valence electrons. The summed E-state index contributed by atoms with van der Waals surface area (Å²) in [5.41, 5.74) is 2.82. The fourth-order valence-corrected chi connectivity index (χ4v) is 4.56. The zero-order chi connectivity index (χ0) is 21.9. The highest BCUT2D eigenvalue weighted by atomic mass is 35.5. The molecule has 0 aliphatic rings. The molecule has 0 atom stereocenters. The van der Waals surface area contributed by atoms with Gasteiger partial charge in [-0.1, -0.05) is 35.3 Å². The van der Waals surface area contributed by atoms with Gasteiger partial charge < -0.3 is 5.32 Å². The van der Waals surface area contributed by atoms with Gasteiger partial charge in [-0.05, 0) is 79.6 Å². The lowest BCUT2D eigenvalue weighted by Gasteiger charge is -2.25. The van der Waals surface area contributed by atoms with Crippen LogP contribution in [-0.4, -0.2) is 20.9 Å². The van der Waals surface area contributed by atoms with E-state index in [9.17, 15) is 13.2 Å². The molecule has 0 radical (unpaired) electrons. The summed E-state index contributed by atoms with van der Waals surface area (Å²) in [6.45, 7) is 3.42. The number of sulfonamides is 1. The van der Waals surface area contributed by atoms with Crippen LogP contribution in [-0.2, 0) is 14.8 Å². The molecule has 3 rings (SSSR count). The van der Waals surface area contributed by atoms with Gasteiger partial charge in [0, 0.05) is 15.7 Å². The van der Waals surface area contributed by atoms with Gasteiger partial charge in [0.15, 0.2) is 0 Å². The van der Waals surface area contributed by atoms with Gasteiger partial charge in [0.05, 0.1) is 10.6 Å². The number of aryl methyl sites for hydroxylation is 2. The Kier molecular flexibility index (Phi) is 6.71. The van der Waals surface area contributed by atoms with Gasteiger partial charge in [-0.15, -0.1) is 0 Å². The van der Waals surface area contributed by atoms with Crippen LogP contribution in [0.2, 0.25) is 10.0 Å². The molecular formula is C22H20Cl2N2O3S. The van der Waals surface area contributed by atoms with Crippen LogP contribution in [0.5, 0.6) is 0 Å². The summed E-state index contributed by atoms with van der Waals surface area (Å²) in [6, 6.07) is 17.7. The number of rotatable bonds is 6. The second-order valence-corrected chi connectivity index (χ2v) is 9.53. The van der Waals surface area contributed by atoms with Crippen LogP contribution in [0.4, 0.5) is 11.4 Å². The first-order valence-electron chi connectivity index (χ1n) is 9.08.